The molecular weight excluding hydrogens is 358 g/mol. The zero-order valence-electron chi connectivity index (χ0n) is 17.0. The second-order valence-electron chi connectivity index (χ2n) is 8.65. The summed E-state index contributed by atoms with van der Waals surface area (Å²) in [6, 6.07) is 0.751. The summed E-state index contributed by atoms with van der Waals surface area (Å²) in [7, 11) is 1.88. The summed E-state index contributed by atoms with van der Waals surface area (Å²) in [6.45, 7) is 10.5. The number of methoxy groups -OCH3 is 1. The van der Waals surface area contributed by atoms with E-state index in [4.69, 9.17) is 14.5 Å². The number of hydrogen-bond donors (Lipinski definition) is 0. The summed E-state index contributed by atoms with van der Waals surface area (Å²) in [5, 5.41) is 3.51. The predicted octanol–water partition coefficient (Wildman–Crippen LogP) is 3.04. The van der Waals surface area contributed by atoms with E-state index in [0.29, 0.717) is 5.41 Å². The van der Waals surface area contributed by atoms with Crippen molar-refractivity contribution in [2.24, 2.45) is 11.3 Å². The van der Waals surface area contributed by atoms with E-state index >= 15 is 0 Å². The molecule has 5 nitrogen and oxygen atoms in total. The summed E-state index contributed by atoms with van der Waals surface area (Å²) in [6.07, 6.45) is 6.29. The van der Waals surface area contributed by atoms with Gasteiger partial charge in [-0.2, -0.15) is 0 Å². The molecule has 0 spiro atoms. The Morgan fingerprint density at radius 2 is 2.15 bits per heavy atom. The SMILES string of the molecule is CCc1nc(CN2CC[C@H]3C[C@@H](N4CCOCC4)CC[C@]3(COC)C2)cs1. The number of thiazole rings is 1. The molecule has 2 aliphatic heterocycles. The molecule has 1 saturated carbocycles. The minimum atomic E-state index is 0.333. The van der Waals surface area contributed by atoms with Crippen LogP contribution in [-0.4, -0.2) is 73.9 Å². The normalized spacial score (nSPS) is 33.1. The third-order valence-corrected chi connectivity index (χ3v) is 8.05. The molecule has 1 aliphatic carbocycles. The number of aryl methyl sites for hydroxylation is 1. The molecule has 152 valence electrons. The third-order valence-electron chi connectivity index (χ3n) is 7.01. The first kappa shape index (κ1) is 19.8. The first-order valence-electron chi connectivity index (χ1n) is 10.7. The number of rotatable bonds is 6. The van der Waals surface area contributed by atoms with Crippen molar-refractivity contribution in [3.8, 4) is 0 Å². The molecule has 6 heteroatoms. The zero-order valence-corrected chi connectivity index (χ0v) is 17.8. The highest BCUT2D eigenvalue weighted by Crippen LogP contribution is 2.48. The summed E-state index contributed by atoms with van der Waals surface area (Å²) in [5.74, 6) is 0.789. The summed E-state index contributed by atoms with van der Waals surface area (Å²) >= 11 is 1.81. The molecule has 3 atom stereocenters. The van der Waals surface area contributed by atoms with Gasteiger partial charge in [-0.05, 0) is 44.6 Å². The van der Waals surface area contributed by atoms with E-state index in [1.54, 1.807) is 0 Å². The van der Waals surface area contributed by atoms with Crippen molar-refractivity contribution >= 4 is 11.3 Å². The van der Waals surface area contributed by atoms with Crippen molar-refractivity contribution in [3.05, 3.63) is 16.1 Å². The van der Waals surface area contributed by atoms with Gasteiger partial charge >= 0.3 is 0 Å². The van der Waals surface area contributed by atoms with Crippen LogP contribution >= 0.6 is 11.3 Å². The molecule has 27 heavy (non-hydrogen) atoms. The lowest BCUT2D eigenvalue weighted by molar-refractivity contribution is -0.0872. The standard InChI is InChI=1S/C21H35N3O2S/c1-3-20-22-18(14-27-20)13-23-7-5-17-12-19(24-8-10-26-11-9-24)4-6-21(17,15-23)16-25-2/h14,17,19H,3-13,15-16H2,1-2H3/t17-,19-,21+/m0/s1. The second kappa shape index (κ2) is 8.87. The molecule has 0 unspecified atom stereocenters. The molecule has 0 radical (unpaired) electrons. The zero-order chi connectivity index (χ0) is 18.7. The Hall–Kier alpha value is -0.530. The average Bonchev–Trinajstić information content (AvgIpc) is 3.16. The summed E-state index contributed by atoms with van der Waals surface area (Å²) in [4.78, 5) is 10.1. The van der Waals surface area contributed by atoms with E-state index in [0.717, 1.165) is 57.8 Å². The van der Waals surface area contributed by atoms with Crippen LogP contribution in [0.1, 0.15) is 43.3 Å². The molecule has 4 rings (SSSR count). The summed E-state index contributed by atoms with van der Waals surface area (Å²) < 4.78 is 11.3. The number of aromatic nitrogens is 1. The van der Waals surface area contributed by atoms with Crippen molar-refractivity contribution in [3.63, 3.8) is 0 Å². The number of ether oxygens (including phenoxy) is 2. The van der Waals surface area contributed by atoms with Crippen LogP contribution in [0.25, 0.3) is 0 Å². The van der Waals surface area contributed by atoms with Gasteiger partial charge in [-0.1, -0.05) is 6.92 Å². The average molecular weight is 394 g/mol. The number of morpholine rings is 1. The minimum Gasteiger partial charge on any atom is -0.384 e. The largest absolute Gasteiger partial charge is 0.384 e. The maximum atomic E-state index is 5.77. The highest BCUT2D eigenvalue weighted by atomic mass is 32.1. The molecule has 0 amide bonds. The van der Waals surface area contributed by atoms with Crippen molar-refractivity contribution in [1.29, 1.82) is 0 Å². The van der Waals surface area contributed by atoms with Crippen LogP contribution in [0.15, 0.2) is 5.38 Å². The fourth-order valence-electron chi connectivity index (χ4n) is 5.59. The Labute approximate surface area is 168 Å². The third kappa shape index (κ3) is 4.40. The van der Waals surface area contributed by atoms with Crippen LogP contribution in [0.5, 0.6) is 0 Å². The van der Waals surface area contributed by atoms with E-state index in [1.165, 1.54) is 49.5 Å². The lowest BCUT2D eigenvalue weighted by atomic mass is 9.62. The quantitative estimate of drug-likeness (QED) is 0.743. The van der Waals surface area contributed by atoms with E-state index in [9.17, 15) is 0 Å². The van der Waals surface area contributed by atoms with Gasteiger partial charge in [0.15, 0.2) is 0 Å². The molecule has 0 N–H and O–H groups in total. The molecule has 3 heterocycles. The smallest absolute Gasteiger partial charge is 0.0926 e. The molecule has 0 bridgehead atoms. The lowest BCUT2D eigenvalue weighted by Crippen LogP contribution is -2.56. The van der Waals surface area contributed by atoms with E-state index in [-0.39, 0.29) is 0 Å². The number of likely N-dealkylation sites (tertiary alicyclic amines) is 1. The maximum absolute atomic E-state index is 5.77. The maximum Gasteiger partial charge on any atom is 0.0926 e. The highest BCUT2D eigenvalue weighted by Gasteiger charge is 2.47. The number of piperidine rings is 1. The Bertz CT molecular complexity index is 604. The van der Waals surface area contributed by atoms with Crippen LogP contribution in [0.3, 0.4) is 0 Å². The van der Waals surface area contributed by atoms with Crippen LogP contribution in [-0.2, 0) is 22.4 Å². The van der Waals surface area contributed by atoms with Gasteiger partial charge in [0.2, 0.25) is 0 Å². The van der Waals surface area contributed by atoms with Gasteiger partial charge in [0.1, 0.15) is 0 Å². The highest BCUT2D eigenvalue weighted by molar-refractivity contribution is 7.09. The van der Waals surface area contributed by atoms with Crippen LogP contribution < -0.4 is 0 Å². The van der Waals surface area contributed by atoms with Gasteiger partial charge in [0.25, 0.3) is 0 Å². The van der Waals surface area contributed by atoms with Gasteiger partial charge in [0.05, 0.1) is 30.5 Å². The van der Waals surface area contributed by atoms with Crippen molar-refractivity contribution in [2.45, 2.75) is 51.6 Å². The van der Waals surface area contributed by atoms with Gasteiger partial charge < -0.3 is 9.47 Å². The number of fused-ring (bicyclic) bond motifs is 1. The molecule has 0 aromatic carbocycles. The Morgan fingerprint density at radius 3 is 2.89 bits per heavy atom. The first-order chi connectivity index (χ1) is 13.2. The minimum absolute atomic E-state index is 0.333. The van der Waals surface area contributed by atoms with Crippen molar-refractivity contribution in [1.82, 2.24) is 14.8 Å². The first-order valence-corrected chi connectivity index (χ1v) is 11.6. The Kier molecular flexibility index (Phi) is 6.49. The van der Waals surface area contributed by atoms with Gasteiger partial charge in [-0.15, -0.1) is 11.3 Å². The fourth-order valence-corrected chi connectivity index (χ4v) is 6.33. The van der Waals surface area contributed by atoms with Crippen LogP contribution in [0, 0.1) is 11.3 Å². The fraction of sp³-hybridized carbons (Fsp3) is 0.857. The number of hydrogen-bond acceptors (Lipinski definition) is 6. The molecule has 1 aromatic rings. The lowest BCUT2D eigenvalue weighted by Gasteiger charge is -2.54. The second-order valence-corrected chi connectivity index (χ2v) is 9.60. The van der Waals surface area contributed by atoms with Gasteiger partial charge in [-0.3, -0.25) is 9.80 Å². The summed E-state index contributed by atoms with van der Waals surface area (Å²) in [5.41, 5.74) is 1.59. The van der Waals surface area contributed by atoms with Crippen LogP contribution in [0.2, 0.25) is 0 Å². The topological polar surface area (TPSA) is 37.8 Å². The van der Waals surface area contributed by atoms with E-state index in [2.05, 4.69) is 22.1 Å². The Morgan fingerprint density at radius 1 is 1.30 bits per heavy atom. The van der Waals surface area contributed by atoms with E-state index < -0.39 is 0 Å². The molecular formula is C21H35N3O2S. The molecule has 3 fully saturated rings. The monoisotopic (exact) mass is 393 g/mol. The molecule has 2 saturated heterocycles. The van der Waals surface area contributed by atoms with Crippen LogP contribution in [0.4, 0.5) is 0 Å². The van der Waals surface area contributed by atoms with Crippen molar-refractivity contribution < 1.29 is 9.47 Å². The molecule has 1 aromatic heterocycles. The molecule has 3 aliphatic rings. The Balaban J connectivity index is 1.41. The van der Waals surface area contributed by atoms with Gasteiger partial charge in [0, 0.05) is 50.1 Å². The van der Waals surface area contributed by atoms with E-state index in [1.807, 2.05) is 18.4 Å². The van der Waals surface area contributed by atoms with Crippen molar-refractivity contribution in [2.75, 3.05) is 53.1 Å². The van der Waals surface area contributed by atoms with Gasteiger partial charge in [-0.25, -0.2) is 4.98 Å². The predicted molar refractivity (Wildman–Crippen MR) is 109 cm³/mol. The number of nitrogens with zero attached hydrogens (tertiary/aromatic N) is 3.